The lowest BCUT2D eigenvalue weighted by Gasteiger charge is -2.34. The van der Waals surface area contributed by atoms with Gasteiger partial charge in [-0.05, 0) is 12.1 Å². The highest BCUT2D eigenvalue weighted by molar-refractivity contribution is 8.03. The Morgan fingerprint density at radius 3 is 2.26 bits per heavy atom. The smallest absolute Gasteiger partial charge is 0.261 e. The zero-order chi connectivity index (χ0) is 19.8. The minimum Gasteiger partial charge on any atom is -0.319 e. The van der Waals surface area contributed by atoms with E-state index in [1.807, 2.05) is 6.07 Å². The van der Waals surface area contributed by atoms with E-state index in [1.54, 1.807) is 38.1 Å². The van der Waals surface area contributed by atoms with E-state index < -0.39 is 17.2 Å². The molecule has 3 amide bonds. The van der Waals surface area contributed by atoms with Crippen molar-refractivity contribution in [1.82, 2.24) is 10.2 Å². The minimum atomic E-state index is -0.951. The van der Waals surface area contributed by atoms with Gasteiger partial charge in [0.25, 0.3) is 11.8 Å². The van der Waals surface area contributed by atoms with Gasteiger partial charge in [0.1, 0.15) is 5.92 Å². The van der Waals surface area contributed by atoms with Crippen molar-refractivity contribution < 1.29 is 14.4 Å². The summed E-state index contributed by atoms with van der Waals surface area (Å²) in [6.45, 7) is 3.52. The second kappa shape index (κ2) is 6.90. The number of nitrogens with zero attached hydrogens (tertiary/aromatic N) is 3. The molecule has 0 saturated carbocycles. The van der Waals surface area contributed by atoms with Crippen LogP contribution in [0.3, 0.4) is 0 Å². The molecule has 8 heteroatoms. The van der Waals surface area contributed by atoms with Gasteiger partial charge in [0, 0.05) is 17.7 Å². The summed E-state index contributed by atoms with van der Waals surface area (Å²) < 4.78 is 0. The highest BCUT2D eigenvalue weighted by Gasteiger charge is 2.44. The molecule has 1 aromatic rings. The maximum Gasteiger partial charge on any atom is 0.261 e. The first-order chi connectivity index (χ1) is 12.8. The standard InChI is InChI=1S/C19H16N4O3S/c1-19(2)13(9-20)15(24)22-16(14(19)10-21)27-8-7-23-17(25)11-5-3-4-6-12(11)18(23)26/h3-6,13H,7-8H2,1-2H3,(H,22,24)/t13-/m0/s1. The molecule has 136 valence electrons. The highest BCUT2D eigenvalue weighted by Crippen LogP contribution is 2.41. The van der Waals surface area contributed by atoms with Crippen molar-refractivity contribution >= 4 is 29.5 Å². The molecule has 3 rings (SSSR count). The number of imide groups is 1. The van der Waals surface area contributed by atoms with Crippen LogP contribution in [0, 0.1) is 34.0 Å². The minimum absolute atomic E-state index is 0.150. The van der Waals surface area contributed by atoms with Crippen LogP contribution in [0.4, 0.5) is 0 Å². The third-order valence-electron chi connectivity index (χ3n) is 4.77. The van der Waals surface area contributed by atoms with Crippen LogP contribution in [0.25, 0.3) is 0 Å². The predicted molar refractivity (Wildman–Crippen MR) is 97.9 cm³/mol. The average Bonchev–Trinajstić information content (AvgIpc) is 2.86. The molecule has 27 heavy (non-hydrogen) atoms. The van der Waals surface area contributed by atoms with Crippen molar-refractivity contribution in [3.05, 3.63) is 46.0 Å². The fourth-order valence-corrected chi connectivity index (χ4v) is 4.32. The third kappa shape index (κ3) is 2.98. The number of hydrogen-bond acceptors (Lipinski definition) is 6. The largest absolute Gasteiger partial charge is 0.319 e. The quantitative estimate of drug-likeness (QED) is 0.800. The van der Waals surface area contributed by atoms with E-state index >= 15 is 0 Å². The molecule has 0 aromatic heterocycles. The molecule has 1 atom stereocenters. The first-order valence-electron chi connectivity index (χ1n) is 8.26. The van der Waals surface area contributed by atoms with E-state index in [1.165, 1.54) is 11.8 Å². The van der Waals surface area contributed by atoms with Crippen LogP contribution in [-0.4, -0.2) is 34.9 Å². The molecule has 0 radical (unpaired) electrons. The normalized spacial score (nSPS) is 20.8. The molecule has 0 fully saturated rings. The number of rotatable bonds is 4. The molecule has 1 N–H and O–H groups in total. The number of carbonyl (C=O) groups excluding carboxylic acids is 3. The Balaban J connectivity index is 1.74. The number of allylic oxidation sites excluding steroid dienone is 1. The Bertz CT molecular complexity index is 933. The summed E-state index contributed by atoms with van der Waals surface area (Å²) in [7, 11) is 0. The van der Waals surface area contributed by atoms with E-state index in [9.17, 15) is 24.9 Å². The van der Waals surface area contributed by atoms with Gasteiger partial charge in [0.05, 0.1) is 33.9 Å². The Hall–Kier alpha value is -3.10. The summed E-state index contributed by atoms with van der Waals surface area (Å²) in [5.74, 6) is -1.77. The number of nitrogens with one attached hydrogen (secondary N) is 1. The predicted octanol–water partition coefficient (Wildman–Crippen LogP) is 2.05. The van der Waals surface area contributed by atoms with Gasteiger partial charge in [0.15, 0.2) is 0 Å². The van der Waals surface area contributed by atoms with Crippen molar-refractivity contribution in [3.8, 4) is 12.1 Å². The fraction of sp³-hybridized carbons (Fsp3) is 0.316. The van der Waals surface area contributed by atoms with E-state index in [2.05, 4.69) is 11.4 Å². The molecular formula is C19H16N4O3S. The van der Waals surface area contributed by atoms with Gasteiger partial charge in [-0.15, -0.1) is 11.8 Å². The van der Waals surface area contributed by atoms with Crippen LogP contribution in [0.2, 0.25) is 0 Å². The monoisotopic (exact) mass is 380 g/mol. The molecule has 0 unspecified atom stereocenters. The lowest BCUT2D eigenvalue weighted by molar-refractivity contribution is -0.125. The number of fused-ring (bicyclic) bond motifs is 1. The van der Waals surface area contributed by atoms with E-state index in [-0.39, 0.29) is 18.4 Å². The number of benzene rings is 1. The highest BCUT2D eigenvalue weighted by atomic mass is 32.2. The Morgan fingerprint density at radius 2 is 1.74 bits per heavy atom. The maximum atomic E-state index is 12.4. The van der Waals surface area contributed by atoms with Crippen LogP contribution in [0.5, 0.6) is 0 Å². The Labute approximate surface area is 160 Å². The molecule has 1 aromatic carbocycles. The van der Waals surface area contributed by atoms with Crippen molar-refractivity contribution in [2.45, 2.75) is 13.8 Å². The number of thioether (sulfide) groups is 1. The number of amides is 3. The SMILES string of the molecule is CC1(C)C(C#N)=C(SCCN2C(=O)c3ccccc3C2=O)NC(=O)[C@@H]1C#N. The zero-order valence-corrected chi connectivity index (χ0v) is 15.6. The van der Waals surface area contributed by atoms with Gasteiger partial charge in [-0.25, -0.2) is 0 Å². The van der Waals surface area contributed by atoms with Gasteiger partial charge in [0.2, 0.25) is 5.91 Å². The maximum absolute atomic E-state index is 12.4. The lowest BCUT2D eigenvalue weighted by Crippen LogP contribution is -2.44. The van der Waals surface area contributed by atoms with Crippen LogP contribution in [0.15, 0.2) is 34.9 Å². The first kappa shape index (κ1) is 18.7. The molecule has 2 aliphatic rings. The lowest BCUT2D eigenvalue weighted by atomic mass is 9.72. The van der Waals surface area contributed by atoms with Crippen LogP contribution in [-0.2, 0) is 4.79 Å². The topological polar surface area (TPSA) is 114 Å². The van der Waals surface area contributed by atoms with Gasteiger partial charge in [-0.1, -0.05) is 26.0 Å². The summed E-state index contributed by atoms with van der Waals surface area (Å²) >= 11 is 1.19. The zero-order valence-electron chi connectivity index (χ0n) is 14.8. The summed E-state index contributed by atoms with van der Waals surface area (Å²) in [6.07, 6.45) is 0. The summed E-state index contributed by atoms with van der Waals surface area (Å²) in [5.41, 5.74) is 0.173. The van der Waals surface area contributed by atoms with E-state index in [4.69, 9.17) is 0 Å². The van der Waals surface area contributed by atoms with Crippen molar-refractivity contribution in [2.75, 3.05) is 12.3 Å². The Morgan fingerprint density at radius 1 is 1.15 bits per heavy atom. The fourth-order valence-electron chi connectivity index (χ4n) is 3.22. The number of nitriles is 2. The number of carbonyl (C=O) groups is 3. The van der Waals surface area contributed by atoms with Crippen molar-refractivity contribution in [2.24, 2.45) is 11.3 Å². The average molecular weight is 380 g/mol. The van der Waals surface area contributed by atoms with E-state index in [0.29, 0.717) is 27.5 Å². The molecule has 0 spiro atoms. The van der Waals surface area contributed by atoms with Crippen LogP contribution in [0.1, 0.15) is 34.6 Å². The first-order valence-corrected chi connectivity index (χ1v) is 9.24. The summed E-state index contributed by atoms with van der Waals surface area (Å²) in [4.78, 5) is 38.1. The summed E-state index contributed by atoms with van der Waals surface area (Å²) in [5, 5.41) is 21.7. The van der Waals surface area contributed by atoms with Crippen molar-refractivity contribution in [1.29, 1.82) is 10.5 Å². The third-order valence-corrected chi connectivity index (χ3v) is 5.75. The molecule has 0 bridgehead atoms. The Kier molecular flexibility index (Phi) is 4.77. The van der Waals surface area contributed by atoms with E-state index in [0.717, 1.165) is 4.90 Å². The van der Waals surface area contributed by atoms with Gasteiger partial charge in [-0.2, -0.15) is 10.5 Å². The molecular weight excluding hydrogens is 364 g/mol. The summed E-state index contributed by atoms with van der Waals surface area (Å²) in [6, 6.07) is 10.7. The van der Waals surface area contributed by atoms with Gasteiger partial charge < -0.3 is 5.32 Å². The van der Waals surface area contributed by atoms with Gasteiger partial charge in [-0.3, -0.25) is 19.3 Å². The second-order valence-electron chi connectivity index (χ2n) is 6.74. The second-order valence-corrected chi connectivity index (χ2v) is 7.85. The van der Waals surface area contributed by atoms with Gasteiger partial charge >= 0.3 is 0 Å². The molecule has 0 saturated heterocycles. The molecule has 7 nitrogen and oxygen atoms in total. The molecule has 0 aliphatic carbocycles. The molecule has 2 heterocycles. The van der Waals surface area contributed by atoms with Crippen molar-refractivity contribution in [3.63, 3.8) is 0 Å². The van der Waals surface area contributed by atoms with Crippen LogP contribution < -0.4 is 5.32 Å². The number of hydrogen-bond donors (Lipinski definition) is 1. The van der Waals surface area contributed by atoms with Crippen LogP contribution >= 0.6 is 11.8 Å². The molecule has 2 aliphatic heterocycles.